The monoisotopic (exact) mass is 323 g/mol. The molecule has 0 fully saturated rings. The predicted octanol–water partition coefficient (Wildman–Crippen LogP) is 5.24. The Morgan fingerprint density at radius 2 is 1.29 bits per heavy atom. The lowest BCUT2D eigenvalue weighted by atomic mass is 10.1. The van der Waals surface area contributed by atoms with Crippen molar-refractivity contribution in [3.63, 3.8) is 0 Å². The van der Waals surface area contributed by atoms with Gasteiger partial charge in [-0.1, -0.05) is 42.5 Å². The van der Waals surface area contributed by atoms with E-state index in [4.69, 9.17) is 15.2 Å². The molecule has 24 heavy (non-hydrogen) atoms. The number of para-hydroxylation sites is 2. The van der Waals surface area contributed by atoms with Crippen molar-refractivity contribution in [1.82, 2.24) is 0 Å². The highest BCUT2D eigenvalue weighted by Crippen LogP contribution is 2.36. The normalized spacial score (nSPS) is 11.8. The number of nitrogens with two attached hydrogens (primary N) is 1. The van der Waals surface area contributed by atoms with Crippen molar-refractivity contribution in [2.24, 2.45) is 5.73 Å². The average Bonchev–Trinajstić information content (AvgIpc) is 2.64. The highest BCUT2D eigenvalue weighted by Gasteiger charge is 2.13. The Morgan fingerprint density at radius 1 is 0.750 bits per heavy atom. The first-order valence-corrected chi connectivity index (χ1v) is 7.67. The average molecular weight is 323 g/mol. The maximum Gasteiger partial charge on any atom is 0.170 e. The van der Waals surface area contributed by atoms with Gasteiger partial charge in [0.15, 0.2) is 11.5 Å². The minimum atomic E-state index is -0.686. The summed E-state index contributed by atoms with van der Waals surface area (Å²) in [5, 5.41) is 0. The van der Waals surface area contributed by atoms with Crippen LogP contribution in [0.2, 0.25) is 0 Å². The molecule has 3 aromatic carbocycles. The van der Waals surface area contributed by atoms with E-state index < -0.39 is 12.7 Å². The molecule has 0 aliphatic rings. The van der Waals surface area contributed by atoms with Crippen molar-refractivity contribution in [1.29, 1.82) is 0 Å². The molecule has 3 aromatic rings. The zero-order chi connectivity index (χ0) is 16.8. The first-order valence-electron chi connectivity index (χ1n) is 7.67. The van der Waals surface area contributed by atoms with E-state index in [0.29, 0.717) is 28.6 Å². The summed E-state index contributed by atoms with van der Waals surface area (Å²) in [4.78, 5) is 0. The van der Waals surface area contributed by atoms with Crippen LogP contribution in [0.15, 0.2) is 78.9 Å². The van der Waals surface area contributed by atoms with Crippen LogP contribution in [0.5, 0.6) is 23.0 Å². The van der Waals surface area contributed by atoms with Crippen LogP contribution >= 0.6 is 0 Å². The maximum atomic E-state index is 12.9. The molecule has 2 N–H and O–H groups in total. The summed E-state index contributed by atoms with van der Waals surface area (Å²) in [7, 11) is 0. The fourth-order valence-electron chi connectivity index (χ4n) is 2.24. The third kappa shape index (κ3) is 3.91. The van der Waals surface area contributed by atoms with Crippen LogP contribution in [0.1, 0.15) is 11.6 Å². The molecule has 0 radical (unpaired) electrons. The lowest BCUT2D eigenvalue weighted by molar-refractivity contribution is 0.413. The molecule has 122 valence electrons. The summed E-state index contributed by atoms with van der Waals surface area (Å²) >= 11 is 0. The Bertz CT molecular complexity index is 778. The second kappa shape index (κ2) is 7.62. The number of alkyl halides is 1. The van der Waals surface area contributed by atoms with E-state index in [9.17, 15) is 4.39 Å². The summed E-state index contributed by atoms with van der Waals surface area (Å²) < 4.78 is 24.7. The minimum absolute atomic E-state index is 0.492. The molecule has 0 unspecified atom stereocenters. The van der Waals surface area contributed by atoms with Crippen molar-refractivity contribution in [3.05, 3.63) is 84.4 Å². The molecule has 0 aliphatic carbocycles. The predicted molar refractivity (Wildman–Crippen MR) is 92.4 cm³/mol. The molecule has 0 saturated carbocycles. The maximum absolute atomic E-state index is 12.9. The summed E-state index contributed by atoms with van der Waals surface area (Å²) in [6.07, 6.45) is 0. The van der Waals surface area contributed by atoms with Gasteiger partial charge in [-0.05, 0) is 42.0 Å². The van der Waals surface area contributed by atoms with Gasteiger partial charge in [-0.25, -0.2) is 4.39 Å². The van der Waals surface area contributed by atoms with Gasteiger partial charge in [0.1, 0.15) is 18.2 Å². The van der Waals surface area contributed by atoms with Gasteiger partial charge in [-0.2, -0.15) is 0 Å². The van der Waals surface area contributed by atoms with E-state index in [1.807, 2.05) is 60.7 Å². The molecule has 0 spiro atoms. The summed E-state index contributed by atoms with van der Waals surface area (Å²) in [6, 6.07) is 23.3. The number of hydrogen-bond acceptors (Lipinski definition) is 3. The Labute approximate surface area is 140 Å². The van der Waals surface area contributed by atoms with Gasteiger partial charge < -0.3 is 15.2 Å². The second-order valence-electron chi connectivity index (χ2n) is 5.30. The van der Waals surface area contributed by atoms with Crippen molar-refractivity contribution in [2.75, 3.05) is 6.67 Å². The van der Waals surface area contributed by atoms with E-state index >= 15 is 0 Å². The summed E-state index contributed by atoms with van der Waals surface area (Å²) in [5.41, 5.74) is 6.44. The highest BCUT2D eigenvalue weighted by atomic mass is 19.1. The molecule has 3 rings (SSSR count). The third-order valence-electron chi connectivity index (χ3n) is 3.50. The van der Waals surface area contributed by atoms with Gasteiger partial charge >= 0.3 is 0 Å². The van der Waals surface area contributed by atoms with Gasteiger partial charge in [0.05, 0.1) is 6.04 Å². The number of rotatable bonds is 6. The van der Waals surface area contributed by atoms with Crippen LogP contribution < -0.4 is 15.2 Å². The Balaban J connectivity index is 1.94. The van der Waals surface area contributed by atoms with E-state index in [1.54, 1.807) is 18.2 Å². The van der Waals surface area contributed by atoms with Crippen LogP contribution in [0, 0.1) is 0 Å². The molecule has 1 atom stereocenters. The molecule has 3 nitrogen and oxygen atoms in total. The van der Waals surface area contributed by atoms with Gasteiger partial charge in [0, 0.05) is 0 Å². The minimum Gasteiger partial charge on any atom is -0.453 e. The van der Waals surface area contributed by atoms with E-state index in [-0.39, 0.29) is 0 Å². The zero-order valence-electron chi connectivity index (χ0n) is 13.1. The quantitative estimate of drug-likeness (QED) is 0.674. The number of ether oxygens (including phenoxy) is 2. The highest BCUT2D eigenvalue weighted by molar-refractivity contribution is 5.48. The molecule has 4 heteroatoms. The zero-order valence-corrected chi connectivity index (χ0v) is 13.1. The van der Waals surface area contributed by atoms with Crippen LogP contribution in [0.3, 0.4) is 0 Å². The largest absolute Gasteiger partial charge is 0.453 e. The van der Waals surface area contributed by atoms with Crippen LogP contribution in [-0.2, 0) is 0 Å². The lowest BCUT2D eigenvalue weighted by Gasteiger charge is -2.15. The molecule has 0 heterocycles. The smallest absolute Gasteiger partial charge is 0.170 e. The standard InChI is InChI=1S/C20H18FNO2/c21-14-18(22)15-11-12-19(23-16-7-3-1-4-8-16)20(13-15)24-17-9-5-2-6-10-17/h1-13,18H,14,22H2/t18-/m0/s1. The van der Waals surface area contributed by atoms with E-state index in [2.05, 4.69) is 0 Å². The molecule has 0 amide bonds. The van der Waals surface area contributed by atoms with Crippen molar-refractivity contribution in [3.8, 4) is 23.0 Å². The van der Waals surface area contributed by atoms with E-state index in [0.717, 1.165) is 0 Å². The van der Waals surface area contributed by atoms with Crippen molar-refractivity contribution < 1.29 is 13.9 Å². The first kappa shape index (κ1) is 16.0. The molecule has 0 saturated heterocycles. The lowest BCUT2D eigenvalue weighted by Crippen LogP contribution is -2.12. The Morgan fingerprint density at radius 3 is 1.83 bits per heavy atom. The number of benzene rings is 3. The fourth-order valence-corrected chi connectivity index (χ4v) is 2.24. The molecule has 0 aliphatic heterocycles. The SMILES string of the molecule is N[C@@H](CF)c1ccc(Oc2ccccc2)c(Oc2ccccc2)c1. The fraction of sp³-hybridized carbons (Fsp3) is 0.100. The topological polar surface area (TPSA) is 44.5 Å². The molecule has 0 aromatic heterocycles. The molecule has 0 bridgehead atoms. The number of hydrogen-bond donors (Lipinski definition) is 1. The summed E-state index contributed by atoms with van der Waals surface area (Å²) in [5.74, 6) is 2.39. The Kier molecular flexibility index (Phi) is 5.08. The molecular weight excluding hydrogens is 305 g/mol. The van der Waals surface area contributed by atoms with Gasteiger partial charge in [0.2, 0.25) is 0 Å². The van der Waals surface area contributed by atoms with Gasteiger partial charge in [-0.3, -0.25) is 0 Å². The van der Waals surface area contributed by atoms with Crippen molar-refractivity contribution >= 4 is 0 Å². The van der Waals surface area contributed by atoms with Crippen LogP contribution in [0.25, 0.3) is 0 Å². The summed E-state index contributed by atoms with van der Waals surface area (Å²) in [6.45, 7) is -0.635. The van der Waals surface area contributed by atoms with E-state index in [1.165, 1.54) is 0 Å². The van der Waals surface area contributed by atoms with Gasteiger partial charge in [0.25, 0.3) is 0 Å². The Hall–Kier alpha value is -2.85. The van der Waals surface area contributed by atoms with Crippen LogP contribution in [0.4, 0.5) is 4.39 Å². The second-order valence-corrected chi connectivity index (χ2v) is 5.30. The molecular formula is C20H18FNO2. The van der Waals surface area contributed by atoms with Crippen LogP contribution in [-0.4, -0.2) is 6.67 Å². The third-order valence-corrected chi connectivity index (χ3v) is 3.50. The number of halogens is 1. The van der Waals surface area contributed by atoms with Crippen molar-refractivity contribution in [2.45, 2.75) is 6.04 Å². The first-order chi connectivity index (χ1) is 11.8. The van der Waals surface area contributed by atoms with Gasteiger partial charge in [-0.15, -0.1) is 0 Å².